The number of nitrogens with zero attached hydrogens (tertiary/aromatic N) is 4. The number of nitrogen functional groups attached to an aromatic ring is 2. The first-order valence-electron chi connectivity index (χ1n) is 15.0. The topological polar surface area (TPSA) is 205 Å². The summed E-state index contributed by atoms with van der Waals surface area (Å²) in [5.74, 6) is 11.5. The van der Waals surface area contributed by atoms with Crippen LogP contribution in [0.5, 0.6) is 0 Å². The average Bonchev–Trinajstić information content (AvgIpc) is 3.66. The Morgan fingerprint density at radius 2 is 1.39 bits per heavy atom. The van der Waals surface area contributed by atoms with E-state index >= 15 is 0 Å². The lowest BCUT2D eigenvalue weighted by molar-refractivity contribution is -0.0581. The van der Waals surface area contributed by atoms with E-state index < -0.39 is 29.9 Å². The highest BCUT2D eigenvalue weighted by atomic mass is 16.6. The Morgan fingerprint density at radius 3 is 1.83 bits per heavy atom. The molecule has 2 aromatic rings. The fourth-order valence-corrected chi connectivity index (χ4v) is 4.90. The number of aliphatic hydroxyl groups is 1. The summed E-state index contributed by atoms with van der Waals surface area (Å²) in [6.45, 7) is 12.0. The van der Waals surface area contributed by atoms with Crippen LogP contribution in [0, 0.1) is 23.7 Å². The van der Waals surface area contributed by atoms with Crippen molar-refractivity contribution in [1.29, 1.82) is 0 Å². The van der Waals surface area contributed by atoms with Crippen LogP contribution in [0.2, 0.25) is 0 Å². The van der Waals surface area contributed by atoms with Gasteiger partial charge in [-0.15, -0.1) is 13.2 Å². The van der Waals surface area contributed by atoms with E-state index in [1.807, 2.05) is 13.8 Å². The van der Waals surface area contributed by atoms with E-state index in [1.165, 1.54) is 9.13 Å². The smallest absolute Gasteiger partial charge is 0.351 e. The summed E-state index contributed by atoms with van der Waals surface area (Å²) in [5.41, 5.74) is 16.8. The second-order valence-electron chi connectivity index (χ2n) is 10.3. The Labute approximate surface area is 268 Å². The normalized spacial score (nSPS) is 23.3. The van der Waals surface area contributed by atoms with Gasteiger partial charge in [0.15, 0.2) is 0 Å². The van der Waals surface area contributed by atoms with Gasteiger partial charge in [-0.2, -0.15) is 9.97 Å². The number of hydrogen-bond donors (Lipinski definition) is 4. The molecule has 14 nitrogen and oxygen atoms in total. The number of aliphatic hydroxyl groups excluding tert-OH is 1. The van der Waals surface area contributed by atoms with Crippen LogP contribution < -0.4 is 28.6 Å². The van der Waals surface area contributed by atoms with Crippen LogP contribution in [0.1, 0.15) is 63.1 Å². The monoisotopic (exact) mass is 637 g/mol. The van der Waals surface area contributed by atoms with Crippen molar-refractivity contribution in [3.63, 3.8) is 0 Å². The fraction of sp³-hybridized carbons (Fsp3) is 0.500. The molecule has 2 fully saturated rings. The molecule has 2 aromatic heterocycles. The van der Waals surface area contributed by atoms with Gasteiger partial charge in [-0.3, -0.25) is 9.13 Å². The van der Waals surface area contributed by atoms with Gasteiger partial charge in [0.25, 0.3) is 0 Å². The number of anilines is 2. The first-order valence-corrected chi connectivity index (χ1v) is 15.0. The molecule has 0 radical (unpaired) electrons. The zero-order valence-corrected chi connectivity index (χ0v) is 26.3. The second-order valence-corrected chi connectivity index (χ2v) is 10.3. The van der Waals surface area contributed by atoms with Gasteiger partial charge in [-0.05, 0) is 6.42 Å². The number of rotatable bonds is 10. The zero-order valence-electron chi connectivity index (χ0n) is 26.3. The molecular weight excluding hydrogens is 594 g/mol. The van der Waals surface area contributed by atoms with Crippen molar-refractivity contribution in [1.82, 2.24) is 19.1 Å². The van der Waals surface area contributed by atoms with Crippen LogP contribution in [0.15, 0.2) is 47.3 Å². The van der Waals surface area contributed by atoms with Gasteiger partial charge < -0.3 is 41.3 Å². The van der Waals surface area contributed by atoms with Crippen molar-refractivity contribution in [3.05, 3.63) is 69.8 Å². The maximum Gasteiger partial charge on any atom is 0.351 e. The minimum atomic E-state index is -0.579. The Morgan fingerprint density at radius 1 is 0.913 bits per heavy atom. The molecule has 6 unspecified atom stereocenters. The van der Waals surface area contributed by atoms with Gasteiger partial charge in [-0.25, -0.2) is 9.59 Å². The highest BCUT2D eigenvalue weighted by Gasteiger charge is 2.38. The molecule has 0 bridgehead atoms. The summed E-state index contributed by atoms with van der Waals surface area (Å²) in [4.78, 5) is 31.8. The largest absolute Gasteiger partial charge is 0.394 e. The van der Waals surface area contributed by atoms with Gasteiger partial charge in [0.1, 0.15) is 30.2 Å². The number of aromatic nitrogens is 4. The Balaban J connectivity index is 0.000000250. The second kappa shape index (κ2) is 18.0. The highest BCUT2D eigenvalue weighted by Crippen LogP contribution is 2.32. The molecule has 4 rings (SSSR count). The molecule has 0 spiro atoms. The van der Waals surface area contributed by atoms with Crippen molar-refractivity contribution >= 4 is 11.6 Å². The minimum Gasteiger partial charge on any atom is -0.394 e. The van der Waals surface area contributed by atoms with Crippen LogP contribution >= 0.6 is 0 Å². The predicted octanol–water partition coefficient (Wildman–Crippen LogP) is 0.842. The quantitative estimate of drug-likeness (QED) is 0.211. The van der Waals surface area contributed by atoms with Crippen LogP contribution in [-0.4, -0.2) is 75.0 Å². The van der Waals surface area contributed by atoms with Crippen molar-refractivity contribution in [2.75, 3.05) is 37.8 Å². The molecule has 6 atom stereocenters. The van der Waals surface area contributed by atoms with E-state index in [2.05, 4.69) is 46.8 Å². The zero-order chi connectivity index (χ0) is 33.6. The molecule has 2 aliphatic rings. The molecule has 14 heteroatoms. The molecular formula is C32H43N7O7. The average molecular weight is 638 g/mol. The summed E-state index contributed by atoms with van der Waals surface area (Å²) in [7, 11) is 0. The van der Waals surface area contributed by atoms with Crippen molar-refractivity contribution < 1.29 is 24.1 Å². The summed E-state index contributed by atoms with van der Waals surface area (Å²) >= 11 is 0. The summed E-state index contributed by atoms with van der Waals surface area (Å²) in [5, 5.41) is 9.41. The van der Waals surface area contributed by atoms with E-state index in [-0.39, 0.29) is 43.1 Å². The lowest BCUT2D eigenvalue weighted by atomic mass is 10.1. The fourth-order valence-electron chi connectivity index (χ4n) is 4.90. The van der Waals surface area contributed by atoms with E-state index in [1.54, 1.807) is 24.5 Å². The van der Waals surface area contributed by atoms with Gasteiger partial charge in [0.05, 0.1) is 55.8 Å². The third-order valence-electron chi connectivity index (χ3n) is 7.11. The maximum atomic E-state index is 12.1. The Bertz CT molecular complexity index is 1470. The Hall–Kier alpha value is -4.28. The maximum absolute atomic E-state index is 12.1. The van der Waals surface area contributed by atoms with Crippen molar-refractivity contribution in [3.8, 4) is 23.7 Å². The first kappa shape index (κ1) is 36.2. The number of hydrogen-bond acceptors (Lipinski definition) is 12. The minimum absolute atomic E-state index is 0.0806. The molecule has 2 saturated heterocycles. The third-order valence-corrected chi connectivity index (χ3v) is 7.11. The van der Waals surface area contributed by atoms with E-state index in [0.29, 0.717) is 43.6 Å². The standard InChI is InChI=1S/C16H22N4O3.C16H21N3O4/c1-3-8-22-13-9-14(23-12(13)4-2)20-10-11(6-5-7-17)15(18)19-16(20)21;1-3-5-6-11-9-19(16(21)18-15(11)17)14-8-12(22-7-4-2)13(10-20)23-14/h3,10,12-14H,1,4,7-9,17H2,2H3,(H2,18,19,21);4,9,12-14,20H,2-3,7-8,10H2,1H3,(H2,17,18,21). The number of ether oxygens (including phenoxy) is 4. The van der Waals surface area contributed by atoms with Crippen LogP contribution in [0.3, 0.4) is 0 Å². The summed E-state index contributed by atoms with van der Waals surface area (Å²) in [6.07, 6.45) is 6.84. The van der Waals surface area contributed by atoms with Crippen LogP contribution in [-0.2, 0) is 18.9 Å². The first-order chi connectivity index (χ1) is 22.2. The van der Waals surface area contributed by atoms with Gasteiger partial charge in [0.2, 0.25) is 0 Å². The molecule has 0 amide bonds. The van der Waals surface area contributed by atoms with Crippen molar-refractivity contribution in [2.24, 2.45) is 5.73 Å². The van der Waals surface area contributed by atoms with E-state index in [9.17, 15) is 14.7 Å². The molecule has 248 valence electrons. The van der Waals surface area contributed by atoms with Crippen LogP contribution in [0.4, 0.5) is 11.6 Å². The van der Waals surface area contributed by atoms with Gasteiger partial charge in [0, 0.05) is 31.7 Å². The van der Waals surface area contributed by atoms with Gasteiger partial charge >= 0.3 is 11.4 Å². The van der Waals surface area contributed by atoms with E-state index in [0.717, 1.165) is 6.42 Å². The number of nitrogens with two attached hydrogens (primary N) is 3. The molecule has 4 heterocycles. The third kappa shape index (κ3) is 9.37. The molecule has 0 aromatic carbocycles. The van der Waals surface area contributed by atoms with Crippen molar-refractivity contribution in [2.45, 2.75) is 76.4 Å². The molecule has 7 N–H and O–H groups in total. The molecule has 46 heavy (non-hydrogen) atoms. The lowest BCUT2D eigenvalue weighted by Crippen LogP contribution is -2.29. The molecule has 0 saturated carbocycles. The summed E-state index contributed by atoms with van der Waals surface area (Å²) < 4.78 is 25.7. The molecule has 2 aliphatic heterocycles. The highest BCUT2D eigenvalue weighted by molar-refractivity contribution is 5.49. The van der Waals surface area contributed by atoms with Gasteiger partial charge in [-0.1, -0.05) is 49.7 Å². The van der Waals surface area contributed by atoms with E-state index in [4.69, 9.17) is 36.1 Å². The summed E-state index contributed by atoms with van der Waals surface area (Å²) in [6, 6.07) is 0. The molecule has 0 aliphatic carbocycles. The predicted molar refractivity (Wildman–Crippen MR) is 173 cm³/mol. The SMILES string of the molecule is C=CCOC1CC(n2cc(C#CCC)c(N)nc2=O)OC1CO.C=CCOC1CC(n2cc(C#CCN)c(N)nc2=O)OC1CC. The lowest BCUT2D eigenvalue weighted by Gasteiger charge is -2.16. The van der Waals surface area contributed by atoms with Crippen LogP contribution in [0.25, 0.3) is 0 Å². The Kier molecular flexibility index (Phi) is 14.2.